The van der Waals surface area contributed by atoms with E-state index in [1.54, 1.807) is 11.3 Å². The van der Waals surface area contributed by atoms with Gasteiger partial charge in [-0.2, -0.15) is 0 Å². The zero-order valence-corrected chi connectivity index (χ0v) is 10.9. The molecule has 0 aliphatic heterocycles. The van der Waals surface area contributed by atoms with Crippen LogP contribution in [-0.4, -0.2) is 15.3 Å². The average molecular weight is 281 g/mol. The van der Waals surface area contributed by atoms with E-state index in [4.69, 9.17) is 11.6 Å². The number of ketones is 1. The molecule has 0 amide bonds. The first kappa shape index (κ1) is 11.6. The predicted octanol–water partition coefficient (Wildman–Crippen LogP) is 2.33. The summed E-state index contributed by atoms with van der Waals surface area (Å²) in [4.78, 5) is 28.8. The number of hydrogen-bond acceptors (Lipinski definition) is 4. The highest BCUT2D eigenvalue weighted by molar-refractivity contribution is 7.10. The number of aromatic nitrogens is 2. The second kappa shape index (κ2) is 4.33. The molecule has 0 spiro atoms. The lowest BCUT2D eigenvalue weighted by molar-refractivity contribution is 0.0906. The van der Waals surface area contributed by atoms with Gasteiger partial charge in [0.1, 0.15) is 6.04 Å². The van der Waals surface area contributed by atoms with Gasteiger partial charge in [-0.05, 0) is 24.3 Å². The molecule has 0 radical (unpaired) electrons. The zero-order valence-electron chi connectivity index (χ0n) is 9.30. The highest BCUT2D eigenvalue weighted by Gasteiger charge is 2.30. The minimum Gasteiger partial charge on any atom is -0.292 e. The van der Waals surface area contributed by atoms with Crippen molar-refractivity contribution in [1.29, 1.82) is 0 Å². The number of nitrogens with zero attached hydrogens (tertiary/aromatic N) is 2. The first-order chi connectivity index (χ1) is 8.66. The van der Waals surface area contributed by atoms with E-state index in [2.05, 4.69) is 4.98 Å². The third-order valence-electron chi connectivity index (χ3n) is 3.08. The van der Waals surface area contributed by atoms with E-state index in [9.17, 15) is 9.59 Å². The molecule has 3 rings (SSSR count). The van der Waals surface area contributed by atoms with Crippen LogP contribution in [0.2, 0.25) is 5.02 Å². The topological polar surface area (TPSA) is 52.0 Å². The second-order valence-corrected chi connectivity index (χ2v) is 5.58. The quantitative estimate of drug-likeness (QED) is 0.805. The van der Waals surface area contributed by atoms with Gasteiger partial charge in [0.15, 0.2) is 5.78 Å². The molecule has 1 atom stereocenters. The number of hydrogen-bond donors (Lipinski definition) is 0. The third kappa shape index (κ3) is 1.79. The van der Waals surface area contributed by atoms with Crippen LogP contribution in [-0.2, 0) is 6.42 Å². The molecule has 2 heterocycles. The molecule has 2 aromatic heterocycles. The Morgan fingerprint density at radius 3 is 3.11 bits per heavy atom. The van der Waals surface area contributed by atoms with Crippen molar-refractivity contribution < 1.29 is 4.79 Å². The van der Waals surface area contributed by atoms with Gasteiger partial charge in [-0.15, -0.1) is 11.3 Å². The third-order valence-corrected chi connectivity index (χ3v) is 4.25. The maximum Gasteiger partial charge on any atom is 0.348 e. The summed E-state index contributed by atoms with van der Waals surface area (Å²) in [7, 11) is 0. The standard InChI is InChI=1S/C12H9ClN2O2S/c13-7-5-14-12(17)15(6-7)9-1-2-10-8(11(9)16)3-4-18-10/h3-6,9H,1-2H2. The van der Waals surface area contributed by atoms with Gasteiger partial charge in [0.25, 0.3) is 0 Å². The Morgan fingerprint density at radius 1 is 1.44 bits per heavy atom. The van der Waals surface area contributed by atoms with Gasteiger partial charge in [-0.25, -0.2) is 9.78 Å². The number of aryl methyl sites for hydroxylation is 1. The summed E-state index contributed by atoms with van der Waals surface area (Å²) < 4.78 is 1.34. The van der Waals surface area contributed by atoms with Gasteiger partial charge in [-0.1, -0.05) is 11.6 Å². The highest BCUT2D eigenvalue weighted by atomic mass is 35.5. The van der Waals surface area contributed by atoms with Crippen LogP contribution in [0.3, 0.4) is 0 Å². The fourth-order valence-corrected chi connectivity index (χ4v) is 3.28. The number of rotatable bonds is 1. The van der Waals surface area contributed by atoms with E-state index in [1.807, 2.05) is 11.4 Å². The van der Waals surface area contributed by atoms with Gasteiger partial charge in [0.05, 0.1) is 11.2 Å². The number of fused-ring (bicyclic) bond motifs is 1. The van der Waals surface area contributed by atoms with Crippen molar-refractivity contribution in [3.05, 3.63) is 49.8 Å². The van der Waals surface area contributed by atoms with Gasteiger partial charge in [-0.3, -0.25) is 9.36 Å². The predicted molar refractivity (Wildman–Crippen MR) is 69.5 cm³/mol. The molecule has 0 saturated carbocycles. The Morgan fingerprint density at radius 2 is 2.28 bits per heavy atom. The lowest BCUT2D eigenvalue weighted by atomic mass is 9.93. The zero-order chi connectivity index (χ0) is 12.7. The van der Waals surface area contributed by atoms with Crippen molar-refractivity contribution in [3.63, 3.8) is 0 Å². The van der Waals surface area contributed by atoms with Crippen LogP contribution >= 0.6 is 22.9 Å². The van der Waals surface area contributed by atoms with Crippen molar-refractivity contribution in [2.75, 3.05) is 0 Å². The van der Waals surface area contributed by atoms with Crippen molar-refractivity contribution in [3.8, 4) is 0 Å². The minimum atomic E-state index is -0.481. The van der Waals surface area contributed by atoms with Crippen LogP contribution < -0.4 is 5.69 Å². The summed E-state index contributed by atoms with van der Waals surface area (Å²) in [5, 5.41) is 2.27. The van der Waals surface area contributed by atoms with Gasteiger partial charge in [0.2, 0.25) is 0 Å². The Bertz CT molecular complexity index is 677. The largest absolute Gasteiger partial charge is 0.348 e. The Kier molecular flexibility index (Phi) is 2.80. The summed E-state index contributed by atoms with van der Waals surface area (Å²) >= 11 is 7.42. The summed E-state index contributed by atoms with van der Waals surface area (Å²) in [6, 6.07) is 1.34. The first-order valence-corrected chi connectivity index (χ1v) is 6.77. The summed E-state index contributed by atoms with van der Waals surface area (Å²) in [6.45, 7) is 0. The number of halogens is 1. The molecule has 1 unspecified atom stereocenters. The number of thiophene rings is 1. The van der Waals surface area contributed by atoms with Gasteiger partial charge < -0.3 is 0 Å². The van der Waals surface area contributed by atoms with Gasteiger partial charge in [0, 0.05) is 16.6 Å². The fraction of sp³-hybridized carbons (Fsp3) is 0.250. The SMILES string of the molecule is O=C1c2ccsc2CCC1n1cc(Cl)cnc1=O. The highest BCUT2D eigenvalue weighted by Crippen LogP contribution is 2.31. The van der Waals surface area contributed by atoms with Crippen LogP contribution in [0.5, 0.6) is 0 Å². The van der Waals surface area contributed by atoms with Crippen molar-refractivity contribution in [2.45, 2.75) is 18.9 Å². The van der Waals surface area contributed by atoms with Crippen molar-refractivity contribution in [2.24, 2.45) is 0 Å². The monoisotopic (exact) mass is 280 g/mol. The Labute approximate surface area is 112 Å². The summed E-state index contributed by atoms with van der Waals surface area (Å²) in [5.41, 5.74) is 0.291. The maximum atomic E-state index is 12.3. The molecule has 0 saturated heterocycles. The van der Waals surface area contributed by atoms with Crippen LogP contribution in [0.4, 0.5) is 0 Å². The fourth-order valence-electron chi connectivity index (χ4n) is 2.23. The average Bonchev–Trinajstić information content (AvgIpc) is 2.82. The smallest absolute Gasteiger partial charge is 0.292 e. The van der Waals surface area contributed by atoms with Crippen LogP contribution in [0.25, 0.3) is 0 Å². The van der Waals surface area contributed by atoms with E-state index in [0.29, 0.717) is 11.4 Å². The molecule has 92 valence electrons. The summed E-state index contributed by atoms with van der Waals surface area (Å²) in [5.74, 6) is -0.0244. The molecular formula is C12H9ClN2O2S. The molecule has 18 heavy (non-hydrogen) atoms. The molecular weight excluding hydrogens is 272 g/mol. The number of carbonyl (C=O) groups excluding carboxylic acids is 1. The molecule has 0 N–H and O–H groups in total. The second-order valence-electron chi connectivity index (χ2n) is 4.14. The molecule has 1 aliphatic carbocycles. The molecule has 2 aromatic rings. The lowest BCUT2D eigenvalue weighted by Crippen LogP contribution is -2.33. The minimum absolute atomic E-state index is 0.0244. The molecule has 0 aromatic carbocycles. The molecule has 0 fully saturated rings. The van der Waals surface area contributed by atoms with E-state index in [-0.39, 0.29) is 5.78 Å². The Hall–Kier alpha value is -1.46. The van der Waals surface area contributed by atoms with Gasteiger partial charge >= 0.3 is 5.69 Å². The van der Waals surface area contributed by atoms with Crippen molar-refractivity contribution in [1.82, 2.24) is 9.55 Å². The van der Waals surface area contributed by atoms with Crippen LogP contribution in [0, 0.1) is 0 Å². The van der Waals surface area contributed by atoms with E-state index in [1.165, 1.54) is 17.0 Å². The maximum absolute atomic E-state index is 12.3. The molecule has 0 bridgehead atoms. The molecule has 4 nitrogen and oxygen atoms in total. The number of carbonyl (C=O) groups is 1. The Balaban J connectivity index is 2.07. The molecule has 1 aliphatic rings. The van der Waals surface area contributed by atoms with Crippen LogP contribution in [0.15, 0.2) is 28.6 Å². The van der Waals surface area contributed by atoms with Crippen LogP contribution in [0.1, 0.15) is 27.7 Å². The normalized spacial score (nSPS) is 18.7. The number of Topliss-reactive ketones (excluding diaryl/α,β-unsaturated/α-hetero) is 1. The van der Waals surface area contributed by atoms with E-state index >= 15 is 0 Å². The van der Waals surface area contributed by atoms with Crippen molar-refractivity contribution >= 4 is 28.7 Å². The summed E-state index contributed by atoms with van der Waals surface area (Å²) in [6.07, 6.45) is 4.21. The van der Waals surface area contributed by atoms with E-state index < -0.39 is 11.7 Å². The molecule has 6 heteroatoms. The first-order valence-electron chi connectivity index (χ1n) is 5.51. The lowest BCUT2D eigenvalue weighted by Gasteiger charge is -2.22. The van der Waals surface area contributed by atoms with E-state index in [0.717, 1.165) is 16.9 Å².